The lowest BCUT2D eigenvalue weighted by atomic mass is 10.0. The molecule has 0 unspecified atom stereocenters. The first-order chi connectivity index (χ1) is 12.5. The molecule has 1 fully saturated rings. The SMILES string of the molecule is COc1cc(OC)c(C(=O)CCC(=O)N2CCCC[C@@H](N)C2)cc1OC. The number of carbonyl (C=O) groups is 2. The first-order valence-electron chi connectivity index (χ1n) is 8.86. The number of carbonyl (C=O) groups excluding carboxylic acids is 2. The average Bonchev–Trinajstić information content (AvgIpc) is 2.88. The molecule has 0 saturated carbocycles. The van der Waals surface area contributed by atoms with Crippen LogP contribution in [0.3, 0.4) is 0 Å². The Balaban J connectivity index is 2.06. The molecule has 26 heavy (non-hydrogen) atoms. The van der Waals surface area contributed by atoms with E-state index in [2.05, 4.69) is 0 Å². The number of rotatable bonds is 7. The minimum Gasteiger partial charge on any atom is -0.496 e. The molecule has 1 atom stereocenters. The molecule has 0 radical (unpaired) electrons. The van der Waals surface area contributed by atoms with Gasteiger partial charge in [-0.1, -0.05) is 6.42 Å². The molecule has 1 aliphatic rings. The molecule has 7 nitrogen and oxygen atoms in total. The van der Waals surface area contributed by atoms with Gasteiger partial charge in [0.1, 0.15) is 5.75 Å². The minimum atomic E-state index is -0.171. The van der Waals surface area contributed by atoms with Gasteiger partial charge < -0.3 is 24.8 Å². The summed E-state index contributed by atoms with van der Waals surface area (Å²) in [5, 5.41) is 0. The summed E-state index contributed by atoms with van der Waals surface area (Å²) in [7, 11) is 4.51. The van der Waals surface area contributed by atoms with Crippen LogP contribution in [0.25, 0.3) is 0 Å². The molecule has 7 heteroatoms. The van der Waals surface area contributed by atoms with Crippen LogP contribution in [0, 0.1) is 0 Å². The molecule has 2 N–H and O–H groups in total. The van der Waals surface area contributed by atoms with E-state index >= 15 is 0 Å². The molecule has 0 aromatic heterocycles. The van der Waals surface area contributed by atoms with E-state index in [1.165, 1.54) is 21.3 Å². The van der Waals surface area contributed by atoms with Crippen molar-refractivity contribution in [3.63, 3.8) is 0 Å². The zero-order valence-electron chi connectivity index (χ0n) is 15.7. The van der Waals surface area contributed by atoms with Crippen molar-refractivity contribution in [1.82, 2.24) is 4.90 Å². The lowest BCUT2D eigenvalue weighted by molar-refractivity contribution is -0.131. The molecule has 1 amide bonds. The second-order valence-electron chi connectivity index (χ2n) is 6.43. The van der Waals surface area contributed by atoms with Crippen molar-refractivity contribution < 1.29 is 23.8 Å². The van der Waals surface area contributed by atoms with E-state index in [-0.39, 0.29) is 30.6 Å². The number of amides is 1. The zero-order chi connectivity index (χ0) is 19.1. The van der Waals surface area contributed by atoms with Crippen LogP contribution in [-0.2, 0) is 4.79 Å². The van der Waals surface area contributed by atoms with Gasteiger partial charge in [0, 0.05) is 38.0 Å². The van der Waals surface area contributed by atoms with Crippen LogP contribution in [0.4, 0.5) is 0 Å². The van der Waals surface area contributed by atoms with Crippen molar-refractivity contribution in [2.45, 2.75) is 38.1 Å². The summed E-state index contributed by atoms with van der Waals surface area (Å²) in [4.78, 5) is 26.9. The van der Waals surface area contributed by atoms with Gasteiger partial charge in [0.2, 0.25) is 5.91 Å². The van der Waals surface area contributed by atoms with Gasteiger partial charge in [-0.25, -0.2) is 0 Å². The highest BCUT2D eigenvalue weighted by Gasteiger charge is 2.22. The smallest absolute Gasteiger partial charge is 0.223 e. The van der Waals surface area contributed by atoms with Gasteiger partial charge in [-0.3, -0.25) is 9.59 Å². The molecule has 0 spiro atoms. The number of hydrogen-bond donors (Lipinski definition) is 1. The van der Waals surface area contributed by atoms with E-state index in [0.717, 1.165) is 19.3 Å². The number of hydrogen-bond acceptors (Lipinski definition) is 6. The number of ketones is 1. The predicted molar refractivity (Wildman–Crippen MR) is 98.1 cm³/mol. The number of likely N-dealkylation sites (tertiary alicyclic amines) is 1. The summed E-state index contributed by atoms with van der Waals surface area (Å²) < 4.78 is 15.8. The maximum atomic E-state index is 12.6. The Bertz CT molecular complexity index is 647. The van der Waals surface area contributed by atoms with Crippen molar-refractivity contribution in [3.8, 4) is 17.2 Å². The predicted octanol–water partition coefficient (Wildman–Crippen LogP) is 2.02. The molecule has 1 aromatic rings. The first-order valence-corrected chi connectivity index (χ1v) is 8.86. The molecule has 144 valence electrons. The third-order valence-electron chi connectivity index (χ3n) is 4.63. The van der Waals surface area contributed by atoms with Gasteiger partial charge in [0.25, 0.3) is 0 Å². The number of ether oxygens (including phenoxy) is 3. The lowest BCUT2D eigenvalue weighted by Crippen LogP contribution is -2.39. The van der Waals surface area contributed by atoms with Crippen LogP contribution in [0.1, 0.15) is 42.5 Å². The van der Waals surface area contributed by atoms with Crippen molar-refractivity contribution in [1.29, 1.82) is 0 Å². The molecular formula is C19H28N2O5. The third-order valence-corrected chi connectivity index (χ3v) is 4.63. The van der Waals surface area contributed by atoms with Crippen molar-refractivity contribution in [3.05, 3.63) is 17.7 Å². The van der Waals surface area contributed by atoms with Crippen LogP contribution in [0.15, 0.2) is 12.1 Å². The third kappa shape index (κ3) is 4.88. The number of nitrogens with zero attached hydrogens (tertiary/aromatic N) is 1. The normalized spacial score (nSPS) is 17.4. The molecule has 1 saturated heterocycles. The molecule has 0 bridgehead atoms. The molecule has 1 aromatic carbocycles. The van der Waals surface area contributed by atoms with Crippen molar-refractivity contribution >= 4 is 11.7 Å². The Morgan fingerprint density at radius 2 is 1.69 bits per heavy atom. The first kappa shape index (κ1) is 20.0. The Labute approximate surface area is 154 Å². The van der Waals surface area contributed by atoms with E-state index in [9.17, 15) is 9.59 Å². The maximum absolute atomic E-state index is 12.6. The molecule has 2 rings (SSSR count). The van der Waals surface area contributed by atoms with Crippen LogP contribution < -0.4 is 19.9 Å². The fraction of sp³-hybridized carbons (Fsp3) is 0.579. The molecule has 0 aliphatic carbocycles. The van der Waals surface area contributed by atoms with E-state index < -0.39 is 0 Å². The summed E-state index contributed by atoms with van der Waals surface area (Å²) in [6.45, 7) is 1.27. The Morgan fingerprint density at radius 3 is 2.35 bits per heavy atom. The van der Waals surface area contributed by atoms with Crippen LogP contribution in [-0.4, -0.2) is 57.1 Å². The summed E-state index contributed by atoms with van der Waals surface area (Å²) in [6, 6.07) is 3.22. The Hall–Kier alpha value is -2.28. The zero-order valence-corrected chi connectivity index (χ0v) is 15.7. The Kier molecular flexibility index (Phi) is 7.26. The van der Waals surface area contributed by atoms with Crippen LogP contribution in [0.2, 0.25) is 0 Å². The van der Waals surface area contributed by atoms with Crippen LogP contribution >= 0.6 is 0 Å². The number of methoxy groups -OCH3 is 3. The average molecular weight is 364 g/mol. The van der Waals surface area contributed by atoms with Crippen LogP contribution in [0.5, 0.6) is 17.2 Å². The van der Waals surface area contributed by atoms with E-state index in [4.69, 9.17) is 19.9 Å². The van der Waals surface area contributed by atoms with E-state index in [1.807, 2.05) is 0 Å². The van der Waals surface area contributed by atoms with Gasteiger partial charge >= 0.3 is 0 Å². The monoisotopic (exact) mass is 364 g/mol. The Morgan fingerprint density at radius 1 is 1.04 bits per heavy atom. The topological polar surface area (TPSA) is 91.1 Å². The highest BCUT2D eigenvalue weighted by Crippen LogP contribution is 2.35. The second kappa shape index (κ2) is 9.43. The van der Waals surface area contributed by atoms with Gasteiger partial charge in [0.15, 0.2) is 17.3 Å². The summed E-state index contributed by atoms with van der Waals surface area (Å²) in [5.74, 6) is 1.12. The van der Waals surface area contributed by atoms with E-state index in [0.29, 0.717) is 35.9 Å². The highest BCUT2D eigenvalue weighted by molar-refractivity contribution is 6.01. The number of Topliss-reactive ketones (excluding diaryl/α,β-unsaturated/α-hetero) is 1. The maximum Gasteiger partial charge on any atom is 0.223 e. The van der Waals surface area contributed by atoms with Crippen molar-refractivity contribution in [2.24, 2.45) is 5.73 Å². The number of benzene rings is 1. The molecular weight excluding hydrogens is 336 g/mol. The van der Waals surface area contributed by atoms with Gasteiger partial charge in [-0.05, 0) is 18.9 Å². The fourth-order valence-corrected chi connectivity index (χ4v) is 3.16. The summed E-state index contributed by atoms with van der Waals surface area (Å²) in [6.07, 6.45) is 3.19. The fourth-order valence-electron chi connectivity index (χ4n) is 3.16. The second-order valence-corrected chi connectivity index (χ2v) is 6.43. The molecule has 1 aliphatic heterocycles. The van der Waals surface area contributed by atoms with Crippen molar-refractivity contribution in [2.75, 3.05) is 34.4 Å². The molecule has 1 heterocycles. The highest BCUT2D eigenvalue weighted by atomic mass is 16.5. The number of nitrogens with two attached hydrogens (primary N) is 1. The standard InChI is InChI=1S/C19H28N2O5/c1-24-16-11-18(26-3)17(25-2)10-14(16)15(22)7-8-19(23)21-9-5-4-6-13(20)12-21/h10-11,13H,4-9,12,20H2,1-3H3/t13-/m1/s1. The van der Waals surface area contributed by atoms with Gasteiger partial charge in [-0.2, -0.15) is 0 Å². The quantitative estimate of drug-likeness (QED) is 0.744. The summed E-state index contributed by atoms with van der Waals surface area (Å²) >= 11 is 0. The minimum absolute atomic E-state index is 0.0168. The van der Waals surface area contributed by atoms with Gasteiger partial charge in [0.05, 0.1) is 26.9 Å². The lowest BCUT2D eigenvalue weighted by Gasteiger charge is -2.22. The van der Waals surface area contributed by atoms with E-state index in [1.54, 1.807) is 17.0 Å². The summed E-state index contributed by atoms with van der Waals surface area (Å²) in [5.41, 5.74) is 6.38. The largest absolute Gasteiger partial charge is 0.496 e. The van der Waals surface area contributed by atoms with Gasteiger partial charge in [-0.15, -0.1) is 0 Å².